The highest BCUT2D eigenvalue weighted by Gasteiger charge is 2.51. The third-order valence-electron chi connectivity index (χ3n) is 4.00. The largest absolute Gasteiger partial charge is 0.480 e. The molecule has 7 heteroatoms. The summed E-state index contributed by atoms with van der Waals surface area (Å²) >= 11 is 0. The van der Waals surface area contributed by atoms with Crippen molar-refractivity contribution >= 4 is 16.0 Å². The molecule has 2 fully saturated rings. The molecule has 0 aromatic rings. The monoisotopic (exact) mass is 277 g/mol. The Kier molecular flexibility index (Phi) is 3.93. The van der Waals surface area contributed by atoms with Crippen molar-refractivity contribution in [1.29, 1.82) is 0 Å². The molecule has 0 spiro atoms. The summed E-state index contributed by atoms with van der Waals surface area (Å²) in [6.45, 7) is 0.453. The fraction of sp³-hybridized carbons (Fsp3) is 0.909. The lowest BCUT2D eigenvalue weighted by Crippen LogP contribution is -2.44. The number of carboxylic acids is 1. The van der Waals surface area contributed by atoms with Crippen LogP contribution in [0.2, 0.25) is 0 Å². The number of aliphatic carboxylic acids is 1. The van der Waals surface area contributed by atoms with Crippen molar-refractivity contribution in [2.45, 2.75) is 25.3 Å². The van der Waals surface area contributed by atoms with Gasteiger partial charge < -0.3 is 9.84 Å². The SMILES string of the molecule is COCCS(=O)(=O)N1CC2CCCC2C1C(=O)O. The zero-order valence-corrected chi connectivity index (χ0v) is 11.2. The molecule has 3 unspecified atom stereocenters. The number of rotatable bonds is 5. The molecule has 3 atom stereocenters. The number of hydrogen-bond acceptors (Lipinski definition) is 4. The first kappa shape index (κ1) is 13.8. The van der Waals surface area contributed by atoms with Crippen LogP contribution in [0.25, 0.3) is 0 Å². The summed E-state index contributed by atoms with van der Waals surface area (Å²) in [6, 6.07) is -0.876. The molecule has 1 aliphatic carbocycles. The van der Waals surface area contributed by atoms with Crippen LogP contribution in [0, 0.1) is 11.8 Å². The third kappa shape index (κ3) is 2.39. The lowest BCUT2D eigenvalue weighted by atomic mass is 9.94. The second kappa shape index (κ2) is 5.14. The Morgan fingerprint density at radius 2 is 2.17 bits per heavy atom. The van der Waals surface area contributed by atoms with Gasteiger partial charge in [-0.05, 0) is 24.7 Å². The van der Waals surface area contributed by atoms with Gasteiger partial charge in [0.1, 0.15) is 6.04 Å². The Bertz CT molecular complexity index is 421. The summed E-state index contributed by atoms with van der Waals surface area (Å²) in [5.74, 6) is -0.971. The number of fused-ring (bicyclic) bond motifs is 1. The standard InChI is InChI=1S/C11H19NO5S/c1-17-5-6-18(15,16)12-7-8-3-2-4-9(8)10(12)11(13)14/h8-10H,2-7H2,1H3,(H,13,14). The summed E-state index contributed by atoms with van der Waals surface area (Å²) < 4.78 is 30.2. The molecular formula is C11H19NO5S. The Balaban J connectivity index is 2.19. The highest BCUT2D eigenvalue weighted by atomic mass is 32.2. The van der Waals surface area contributed by atoms with Gasteiger partial charge in [0.25, 0.3) is 0 Å². The van der Waals surface area contributed by atoms with Crippen molar-refractivity contribution in [3.05, 3.63) is 0 Å². The molecule has 0 radical (unpaired) electrons. The first-order chi connectivity index (χ1) is 8.47. The van der Waals surface area contributed by atoms with E-state index in [0.717, 1.165) is 19.3 Å². The van der Waals surface area contributed by atoms with E-state index < -0.39 is 22.0 Å². The van der Waals surface area contributed by atoms with E-state index in [2.05, 4.69) is 0 Å². The molecule has 1 saturated carbocycles. The van der Waals surface area contributed by atoms with Crippen LogP contribution in [0.3, 0.4) is 0 Å². The fourth-order valence-corrected chi connectivity index (χ4v) is 4.79. The highest BCUT2D eigenvalue weighted by Crippen LogP contribution is 2.43. The van der Waals surface area contributed by atoms with E-state index in [1.54, 1.807) is 0 Å². The molecule has 2 aliphatic rings. The third-order valence-corrected chi connectivity index (χ3v) is 5.78. The quantitative estimate of drug-likeness (QED) is 0.773. The van der Waals surface area contributed by atoms with Crippen molar-refractivity contribution in [3.8, 4) is 0 Å². The lowest BCUT2D eigenvalue weighted by Gasteiger charge is -2.23. The normalized spacial score (nSPS) is 32.6. The molecule has 0 aromatic heterocycles. The van der Waals surface area contributed by atoms with Gasteiger partial charge in [0.05, 0.1) is 12.4 Å². The molecule has 2 rings (SSSR count). The Labute approximate surface area is 107 Å². The van der Waals surface area contributed by atoms with Crippen molar-refractivity contribution in [2.24, 2.45) is 11.8 Å². The first-order valence-corrected chi connectivity index (χ1v) is 7.79. The number of carbonyl (C=O) groups is 1. The lowest BCUT2D eigenvalue weighted by molar-refractivity contribution is -0.142. The van der Waals surface area contributed by atoms with Gasteiger partial charge in [0.2, 0.25) is 10.0 Å². The van der Waals surface area contributed by atoms with Crippen molar-refractivity contribution in [2.75, 3.05) is 26.0 Å². The smallest absolute Gasteiger partial charge is 0.322 e. The zero-order chi connectivity index (χ0) is 13.3. The number of carboxylic acid groups (broad SMARTS) is 1. The number of ether oxygens (including phenoxy) is 1. The predicted octanol–water partition coefficient (Wildman–Crippen LogP) is 0.148. The maximum atomic E-state index is 12.1. The first-order valence-electron chi connectivity index (χ1n) is 6.18. The predicted molar refractivity (Wildman–Crippen MR) is 64.6 cm³/mol. The molecule has 1 aliphatic heterocycles. The number of sulfonamides is 1. The molecule has 0 aromatic carbocycles. The molecule has 6 nitrogen and oxygen atoms in total. The highest BCUT2D eigenvalue weighted by molar-refractivity contribution is 7.89. The summed E-state index contributed by atoms with van der Waals surface area (Å²) in [5, 5.41) is 9.28. The maximum Gasteiger partial charge on any atom is 0.322 e. The van der Waals surface area contributed by atoms with E-state index in [0.29, 0.717) is 6.54 Å². The van der Waals surface area contributed by atoms with Crippen molar-refractivity contribution < 1.29 is 23.1 Å². The van der Waals surface area contributed by atoms with Gasteiger partial charge in [-0.2, -0.15) is 4.31 Å². The van der Waals surface area contributed by atoms with Crippen molar-refractivity contribution in [1.82, 2.24) is 4.31 Å². The van der Waals surface area contributed by atoms with E-state index in [4.69, 9.17) is 4.74 Å². The maximum absolute atomic E-state index is 12.1. The molecular weight excluding hydrogens is 258 g/mol. The van der Waals surface area contributed by atoms with E-state index in [1.165, 1.54) is 11.4 Å². The van der Waals surface area contributed by atoms with Crippen LogP contribution in [0.4, 0.5) is 0 Å². The van der Waals surface area contributed by atoms with Crippen LogP contribution in [-0.4, -0.2) is 55.9 Å². The van der Waals surface area contributed by atoms with Crippen LogP contribution in [-0.2, 0) is 19.6 Å². The average molecular weight is 277 g/mol. The van der Waals surface area contributed by atoms with Gasteiger partial charge >= 0.3 is 5.97 Å². The number of methoxy groups -OCH3 is 1. The molecule has 1 saturated heterocycles. The average Bonchev–Trinajstić information content (AvgIpc) is 2.84. The van der Waals surface area contributed by atoms with E-state index in [-0.39, 0.29) is 24.2 Å². The molecule has 1 N–H and O–H groups in total. The van der Waals surface area contributed by atoms with Gasteiger partial charge in [-0.15, -0.1) is 0 Å². The summed E-state index contributed by atoms with van der Waals surface area (Å²) in [6.07, 6.45) is 2.76. The second-order valence-electron chi connectivity index (χ2n) is 5.02. The van der Waals surface area contributed by atoms with Crippen LogP contribution < -0.4 is 0 Å². The Morgan fingerprint density at radius 1 is 1.44 bits per heavy atom. The fourth-order valence-electron chi connectivity index (χ4n) is 3.16. The van der Waals surface area contributed by atoms with E-state index >= 15 is 0 Å². The minimum absolute atomic E-state index is 0.0141. The summed E-state index contributed by atoms with van der Waals surface area (Å²) in [5.41, 5.74) is 0. The Morgan fingerprint density at radius 3 is 2.78 bits per heavy atom. The topological polar surface area (TPSA) is 83.9 Å². The second-order valence-corrected chi connectivity index (χ2v) is 7.06. The van der Waals surface area contributed by atoms with Crippen LogP contribution in [0.15, 0.2) is 0 Å². The van der Waals surface area contributed by atoms with Crippen molar-refractivity contribution in [3.63, 3.8) is 0 Å². The zero-order valence-electron chi connectivity index (χ0n) is 10.4. The van der Waals surface area contributed by atoms with Crippen LogP contribution in [0.5, 0.6) is 0 Å². The molecule has 0 bridgehead atoms. The molecule has 18 heavy (non-hydrogen) atoms. The number of hydrogen-bond donors (Lipinski definition) is 1. The van der Waals surface area contributed by atoms with E-state index in [9.17, 15) is 18.3 Å². The van der Waals surface area contributed by atoms with Crippen LogP contribution in [0.1, 0.15) is 19.3 Å². The number of nitrogens with zero attached hydrogens (tertiary/aromatic N) is 1. The molecule has 104 valence electrons. The minimum Gasteiger partial charge on any atom is -0.480 e. The Hall–Kier alpha value is -0.660. The molecule has 1 heterocycles. The minimum atomic E-state index is -3.53. The van der Waals surface area contributed by atoms with E-state index in [1.807, 2.05) is 0 Å². The van der Waals surface area contributed by atoms with Gasteiger partial charge in [0.15, 0.2) is 0 Å². The van der Waals surface area contributed by atoms with Gasteiger partial charge in [0, 0.05) is 13.7 Å². The van der Waals surface area contributed by atoms with Gasteiger partial charge in [-0.3, -0.25) is 4.79 Å². The van der Waals surface area contributed by atoms with Gasteiger partial charge in [-0.1, -0.05) is 6.42 Å². The molecule has 0 amide bonds. The summed E-state index contributed by atoms with van der Waals surface area (Å²) in [4.78, 5) is 11.3. The van der Waals surface area contributed by atoms with Gasteiger partial charge in [-0.25, -0.2) is 8.42 Å². The van der Waals surface area contributed by atoms with Crippen LogP contribution >= 0.6 is 0 Å². The summed E-state index contributed by atoms with van der Waals surface area (Å²) in [7, 11) is -2.10.